The van der Waals surface area contributed by atoms with Crippen molar-refractivity contribution >= 4 is 50.2 Å². The highest BCUT2D eigenvalue weighted by Crippen LogP contribution is 2.27. The van der Waals surface area contributed by atoms with Crippen LogP contribution >= 0.6 is 27.3 Å². The smallest absolute Gasteiger partial charge is 0.271 e. The van der Waals surface area contributed by atoms with Crippen LogP contribution in [0.25, 0.3) is 11.3 Å². The Labute approximate surface area is 197 Å². The number of aryl methyl sites for hydroxylation is 1. The number of aromatic hydroxyl groups is 1. The van der Waals surface area contributed by atoms with Gasteiger partial charge in [-0.25, -0.2) is 10.4 Å². The monoisotopic (exact) mass is 506 g/mol. The predicted molar refractivity (Wildman–Crippen MR) is 133 cm³/mol. The van der Waals surface area contributed by atoms with Crippen LogP contribution in [0.5, 0.6) is 5.75 Å². The molecule has 0 aliphatic heterocycles. The molecule has 0 saturated heterocycles. The first kappa shape index (κ1) is 21.7. The van der Waals surface area contributed by atoms with Gasteiger partial charge in [-0.15, -0.1) is 11.3 Å². The Kier molecular flexibility index (Phi) is 6.63. The maximum absolute atomic E-state index is 12.3. The lowest BCUT2D eigenvalue weighted by Crippen LogP contribution is -2.17. The van der Waals surface area contributed by atoms with E-state index in [0.717, 1.165) is 27.6 Å². The van der Waals surface area contributed by atoms with E-state index in [1.165, 1.54) is 23.1 Å². The summed E-state index contributed by atoms with van der Waals surface area (Å²) < 4.78 is 0.558. The number of thiazole rings is 1. The van der Waals surface area contributed by atoms with Crippen molar-refractivity contribution in [1.29, 1.82) is 0 Å². The van der Waals surface area contributed by atoms with Crippen LogP contribution in [0, 0.1) is 6.92 Å². The summed E-state index contributed by atoms with van der Waals surface area (Å²) in [5.74, 6) is -0.171. The first-order valence-corrected chi connectivity index (χ1v) is 11.4. The van der Waals surface area contributed by atoms with Crippen LogP contribution in [-0.4, -0.2) is 22.2 Å². The summed E-state index contributed by atoms with van der Waals surface area (Å²) in [7, 11) is 0. The molecule has 1 heterocycles. The number of nitrogens with zero attached hydrogens (tertiary/aromatic N) is 2. The Bertz CT molecular complexity index is 1270. The van der Waals surface area contributed by atoms with Gasteiger partial charge in [0.1, 0.15) is 5.75 Å². The Morgan fingerprint density at radius 3 is 2.56 bits per heavy atom. The van der Waals surface area contributed by atoms with Crippen LogP contribution < -0.4 is 10.7 Å². The molecule has 3 N–H and O–H groups in total. The standard InChI is InChI=1S/C24H19BrN4O2S/c1-15-2-9-19(10-3-15)27-24-28-21(14-32-24)17-5-7-18(8-6-17)23(31)29-26-13-16-4-11-22(30)20(25)12-16/h2-14,30H,1H3,(H,27,28)(H,29,31)/b26-13-. The van der Waals surface area contributed by atoms with E-state index >= 15 is 0 Å². The molecule has 3 aromatic carbocycles. The van der Waals surface area contributed by atoms with Crippen LogP contribution in [0.4, 0.5) is 10.8 Å². The third-order valence-electron chi connectivity index (χ3n) is 4.60. The first-order valence-electron chi connectivity index (χ1n) is 9.69. The van der Waals surface area contributed by atoms with E-state index in [1.807, 2.05) is 41.8 Å². The third kappa shape index (κ3) is 5.40. The molecule has 0 aliphatic rings. The van der Waals surface area contributed by atoms with Crippen molar-refractivity contribution in [2.75, 3.05) is 5.32 Å². The predicted octanol–water partition coefficient (Wildman–Crippen LogP) is 6.09. The van der Waals surface area contributed by atoms with Crippen LogP contribution in [0.1, 0.15) is 21.5 Å². The number of rotatable bonds is 6. The molecule has 0 unspecified atom stereocenters. The van der Waals surface area contributed by atoms with E-state index in [2.05, 4.69) is 43.7 Å². The summed E-state index contributed by atoms with van der Waals surface area (Å²) in [6.07, 6.45) is 1.51. The highest BCUT2D eigenvalue weighted by Gasteiger charge is 2.08. The van der Waals surface area contributed by atoms with Gasteiger partial charge < -0.3 is 10.4 Å². The van der Waals surface area contributed by atoms with Gasteiger partial charge in [0.2, 0.25) is 0 Å². The summed E-state index contributed by atoms with van der Waals surface area (Å²) in [4.78, 5) is 17.0. The maximum atomic E-state index is 12.3. The van der Waals surface area contributed by atoms with Crippen LogP contribution in [0.2, 0.25) is 0 Å². The SMILES string of the molecule is Cc1ccc(Nc2nc(-c3ccc(C(=O)N/N=C\c4ccc(O)c(Br)c4)cc3)cs2)cc1. The molecule has 0 fully saturated rings. The van der Waals surface area contributed by atoms with Gasteiger partial charge in [0.15, 0.2) is 5.13 Å². The molecule has 1 amide bonds. The second-order valence-corrected chi connectivity index (χ2v) is 8.73. The van der Waals surface area contributed by atoms with Crippen LogP contribution in [0.3, 0.4) is 0 Å². The zero-order valence-corrected chi connectivity index (χ0v) is 19.4. The Balaban J connectivity index is 1.37. The number of carbonyl (C=O) groups excluding carboxylic acids is 1. The number of hydrazone groups is 1. The van der Waals surface area contributed by atoms with Crippen molar-refractivity contribution in [3.05, 3.63) is 93.3 Å². The second-order valence-electron chi connectivity index (χ2n) is 7.02. The molecule has 0 aliphatic carbocycles. The third-order valence-corrected chi connectivity index (χ3v) is 5.99. The highest BCUT2D eigenvalue weighted by molar-refractivity contribution is 9.10. The molecule has 0 radical (unpaired) electrons. The lowest BCUT2D eigenvalue weighted by Gasteiger charge is -2.03. The van der Waals surface area contributed by atoms with Crippen LogP contribution in [-0.2, 0) is 0 Å². The van der Waals surface area contributed by atoms with E-state index < -0.39 is 0 Å². The van der Waals surface area contributed by atoms with E-state index in [4.69, 9.17) is 0 Å². The molecule has 0 atom stereocenters. The number of nitrogens with one attached hydrogen (secondary N) is 2. The minimum atomic E-state index is -0.314. The van der Waals surface area contributed by atoms with Crippen molar-refractivity contribution in [3.63, 3.8) is 0 Å². The number of carbonyl (C=O) groups is 1. The molecule has 1 aromatic heterocycles. The fraction of sp³-hybridized carbons (Fsp3) is 0.0417. The molecule has 0 saturated carbocycles. The maximum Gasteiger partial charge on any atom is 0.271 e. The Morgan fingerprint density at radius 1 is 1.09 bits per heavy atom. The summed E-state index contributed by atoms with van der Waals surface area (Å²) in [6.45, 7) is 2.05. The van der Waals surface area contributed by atoms with Crippen LogP contribution in [0.15, 0.2) is 81.7 Å². The fourth-order valence-electron chi connectivity index (χ4n) is 2.85. The number of amides is 1. The number of hydrogen-bond acceptors (Lipinski definition) is 6. The van der Waals surface area contributed by atoms with E-state index in [1.54, 1.807) is 30.3 Å². The summed E-state index contributed by atoms with van der Waals surface area (Å²) in [5, 5.41) is 19.6. The minimum absolute atomic E-state index is 0.143. The zero-order valence-electron chi connectivity index (χ0n) is 17.0. The van der Waals surface area contributed by atoms with E-state index in [9.17, 15) is 9.90 Å². The first-order chi connectivity index (χ1) is 15.5. The Hall–Kier alpha value is -3.49. The molecular formula is C24H19BrN4O2S. The van der Waals surface area contributed by atoms with Gasteiger partial charge in [0.25, 0.3) is 5.91 Å². The average molecular weight is 507 g/mol. The van der Waals surface area contributed by atoms with Gasteiger partial charge >= 0.3 is 0 Å². The minimum Gasteiger partial charge on any atom is -0.507 e. The number of benzene rings is 3. The summed E-state index contributed by atoms with van der Waals surface area (Å²) in [5.41, 5.74) is 7.70. The molecule has 4 rings (SSSR count). The number of phenols is 1. The number of hydrogen-bond donors (Lipinski definition) is 3. The summed E-state index contributed by atoms with van der Waals surface area (Å²) >= 11 is 4.77. The number of aromatic nitrogens is 1. The van der Waals surface area contributed by atoms with Gasteiger partial charge in [-0.1, -0.05) is 29.8 Å². The second kappa shape index (κ2) is 9.76. The van der Waals surface area contributed by atoms with Crippen molar-refractivity contribution < 1.29 is 9.90 Å². The molecular weight excluding hydrogens is 488 g/mol. The zero-order chi connectivity index (χ0) is 22.5. The topological polar surface area (TPSA) is 86.6 Å². The van der Waals surface area contributed by atoms with Gasteiger partial charge in [-0.2, -0.15) is 5.10 Å². The average Bonchev–Trinajstić information content (AvgIpc) is 3.26. The molecule has 4 aromatic rings. The number of phenolic OH excluding ortho intramolecular Hbond substituents is 1. The van der Waals surface area contributed by atoms with Gasteiger partial charge in [0.05, 0.1) is 16.4 Å². The summed E-state index contributed by atoms with van der Waals surface area (Å²) in [6, 6.07) is 20.3. The molecule has 0 bridgehead atoms. The normalized spacial score (nSPS) is 10.9. The van der Waals surface area contributed by atoms with E-state index in [0.29, 0.717) is 10.0 Å². The quantitative estimate of drug-likeness (QED) is 0.218. The number of halogens is 1. The molecule has 32 heavy (non-hydrogen) atoms. The molecule has 160 valence electrons. The van der Waals surface area contributed by atoms with Gasteiger partial charge in [-0.3, -0.25) is 4.79 Å². The molecule has 0 spiro atoms. The largest absolute Gasteiger partial charge is 0.507 e. The lowest BCUT2D eigenvalue weighted by atomic mass is 10.1. The van der Waals surface area contributed by atoms with Gasteiger partial charge in [0, 0.05) is 22.2 Å². The lowest BCUT2D eigenvalue weighted by molar-refractivity contribution is 0.0955. The van der Waals surface area contributed by atoms with Crippen molar-refractivity contribution in [2.45, 2.75) is 6.92 Å². The van der Waals surface area contributed by atoms with Crippen molar-refractivity contribution in [1.82, 2.24) is 10.4 Å². The fourth-order valence-corrected chi connectivity index (χ4v) is 3.99. The van der Waals surface area contributed by atoms with Crippen molar-refractivity contribution in [3.8, 4) is 17.0 Å². The number of anilines is 2. The Morgan fingerprint density at radius 2 is 1.84 bits per heavy atom. The molecule has 6 nitrogen and oxygen atoms in total. The highest BCUT2D eigenvalue weighted by atomic mass is 79.9. The molecule has 8 heteroatoms. The van der Waals surface area contributed by atoms with E-state index in [-0.39, 0.29) is 11.7 Å². The van der Waals surface area contributed by atoms with Gasteiger partial charge in [-0.05, 0) is 70.9 Å². The van der Waals surface area contributed by atoms with Crippen molar-refractivity contribution in [2.24, 2.45) is 5.10 Å².